The highest BCUT2D eigenvalue weighted by atomic mass is 16.5. The predicted molar refractivity (Wildman–Crippen MR) is 258 cm³/mol. The lowest BCUT2D eigenvalue weighted by Crippen LogP contribution is -2.31. The summed E-state index contributed by atoms with van der Waals surface area (Å²) in [7, 11) is 0. The van der Waals surface area contributed by atoms with Crippen LogP contribution in [-0.2, 0) is 28.0 Å². The van der Waals surface area contributed by atoms with Gasteiger partial charge in [0.2, 0.25) is 0 Å². The van der Waals surface area contributed by atoms with Crippen molar-refractivity contribution in [1.29, 1.82) is 0 Å². The highest BCUT2D eigenvalue weighted by Gasteiger charge is 2.25. The largest absolute Gasteiger partial charge is 0.458 e. The van der Waals surface area contributed by atoms with Gasteiger partial charge in [0.05, 0.1) is 27.8 Å². The number of aromatic nitrogens is 5. The normalized spacial score (nSPS) is 13.9. The van der Waals surface area contributed by atoms with Crippen LogP contribution in [0.2, 0.25) is 0 Å². The molecule has 0 aliphatic heterocycles. The second-order valence-corrected chi connectivity index (χ2v) is 22.2. The molecule has 4 aromatic heterocycles. The zero-order valence-corrected chi connectivity index (χ0v) is 39.5. The first-order chi connectivity index (χ1) is 29.6. The molecule has 0 bridgehead atoms. The van der Waals surface area contributed by atoms with Crippen LogP contribution in [0.1, 0.15) is 134 Å². The summed E-state index contributed by atoms with van der Waals surface area (Å²) in [4.78, 5) is 9.76. The monoisotopic (exact) mass is 826 g/mol. The maximum atomic E-state index is 9.09. The van der Waals surface area contributed by atoms with Crippen molar-refractivity contribution in [2.24, 2.45) is 5.41 Å². The summed E-state index contributed by atoms with van der Waals surface area (Å²) in [5.41, 5.74) is 9.78. The van der Waals surface area contributed by atoms with Crippen LogP contribution in [0.15, 0.2) is 109 Å². The van der Waals surface area contributed by atoms with Crippen LogP contribution in [0.4, 0.5) is 0 Å². The fourth-order valence-corrected chi connectivity index (χ4v) is 8.09. The van der Waals surface area contributed by atoms with Crippen LogP contribution in [-0.4, -0.2) is 19.1 Å². The number of hydrogen-bond donors (Lipinski definition) is 0. The van der Waals surface area contributed by atoms with Gasteiger partial charge in [-0.05, 0) is 122 Å². The van der Waals surface area contributed by atoms with E-state index in [0.717, 1.165) is 38.5 Å². The molecule has 0 amide bonds. The average Bonchev–Trinajstić information content (AvgIpc) is 3.74. The molecule has 0 aliphatic rings. The minimum Gasteiger partial charge on any atom is -0.458 e. The molecule has 0 saturated carbocycles. The van der Waals surface area contributed by atoms with E-state index in [9.17, 15) is 0 Å². The summed E-state index contributed by atoms with van der Waals surface area (Å²) >= 11 is 0. The molecule has 0 saturated heterocycles. The van der Waals surface area contributed by atoms with E-state index in [-0.39, 0.29) is 21.7 Å². The molecule has 0 N–H and O–H groups in total. The van der Waals surface area contributed by atoms with E-state index in [0.29, 0.717) is 28.7 Å². The van der Waals surface area contributed by atoms with Crippen molar-refractivity contribution < 1.29 is 12.0 Å². The van der Waals surface area contributed by atoms with Crippen LogP contribution in [0, 0.1) is 11.7 Å². The average molecular weight is 826 g/mol. The van der Waals surface area contributed by atoms with Gasteiger partial charge in [0, 0.05) is 38.0 Å². The number of fused-ring (bicyclic) bond motifs is 4. The highest BCUT2D eigenvalue weighted by Crippen LogP contribution is 2.38. The molecule has 62 heavy (non-hydrogen) atoms. The Balaban J connectivity index is 1.27. The third-order valence-electron chi connectivity index (χ3n) is 11.7. The van der Waals surface area contributed by atoms with Crippen LogP contribution in [0.3, 0.4) is 0 Å². The number of benzene rings is 4. The molecule has 0 atom stereocenters. The first-order valence-corrected chi connectivity index (χ1v) is 22.0. The van der Waals surface area contributed by atoms with Crippen LogP contribution >= 0.6 is 0 Å². The first kappa shape index (κ1) is 40.3. The van der Waals surface area contributed by atoms with E-state index in [1.165, 1.54) is 22.3 Å². The zero-order chi connectivity index (χ0) is 46.5. The molecule has 6 heteroatoms. The molecule has 4 heterocycles. The summed E-state index contributed by atoms with van der Waals surface area (Å²) in [6.45, 7) is 32.8. The Hall–Kier alpha value is -5.75. The maximum absolute atomic E-state index is 9.09. The third-order valence-corrected chi connectivity index (χ3v) is 11.7. The molecule has 8 rings (SSSR count). The summed E-state index contributed by atoms with van der Waals surface area (Å²) in [5, 5.41) is 2.17. The quantitative estimate of drug-likeness (QED) is 0.124. The third kappa shape index (κ3) is 8.54. The molecule has 0 aliphatic carbocycles. The Kier molecular flexibility index (Phi) is 9.73. The maximum Gasteiger partial charge on any atom is 0.271 e. The Bertz CT molecular complexity index is 3050. The van der Waals surface area contributed by atoms with Gasteiger partial charge >= 0.3 is 0 Å². The molecule has 0 unspecified atom stereocenters. The van der Waals surface area contributed by atoms with Gasteiger partial charge in [-0.2, -0.15) is 0 Å². The second kappa shape index (κ2) is 15.0. The Labute approximate surface area is 372 Å². The molecule has 8 aromatic rings. The van der Waals surface area contributed by atoms with Crippen LogP contribution < -0.4 is 9.30 Å². The van der Waals surface area contributed by atoms with E-state index in [1.54, 1.807) is 18.5 Å². The van der Waals surface area contributed by atoms with Gasteiger partial charge in [-0.1, -0.05) is 128 Å². The van der Waals surface area contributed by atoms with E-state index in [2.05, 4.69) is 170 Å². The second-order valence-electron chi connectivity index (χ2n) is 22.2. The summed E-state index contributed by atoms with van der Waals surface area (Å²) in [6, 6.07) is 34.0. The summed E-state index contributed by atoms with van der Waals surface area (Å²) in [5.74, 6) is 2.64. The molecular weight excluding hydrogens is 759 g/mol. The minimum absolute atomic E-state index is 0.0447. The Morgan fingerprint density at radius 2 is 1.13 bits per heavy atom. The highest BCUT2D eigenvalue weighted by molar-refractivity contribution is 6.09. The van der Waals surface area contributed by atoms with Crippen molar-refractivity contribution >= 4 is 32.8 Å². The number of rotatable bonds is 6. The van der Waals surface area contributed by atoms with Crippen molar-refractivity contribution in [2.75, 3.05) is 0 Å². The lowest BCUT2D eigenvalue weighted by molar-refractivity contribution is -0.572. The summed E-state index contributed by atoms with van der Waals surface area (Å²) < 4.78 is 31.3. The number of nitrogens with zero attached hydrogens (tertiary/aromatic N) is 5. The zero-order valence-electron chi connectivity index (χ0n) is 41.5. The summed E-state index contributed by atoms with van der Waals surface area (Å²) in [6.07, 6.45) is 5.66. The lowest BCUT2D eigenvalue weighted by atomic mass is 9.80. The fraction of sp³-hybridized carbons (Fsp3) is 0.375. The number of hydrogen-bond acceptors (Lipinski definition) is 3. The van der Waals surface area contributed by atoms with Gasteiger partial charge < -0.3 is 4.74 Å². The van der Waals surface area contributed by atoms with Gasteiger partial charge in [0.25, 0.3) is 6.33 Å². The topological polar surface area (TPSA) is 48.8 Å². The number of ether oxygens (including phenoxy) is 1. The molecule has 0 radical (unpaired) electrons. The van der Waals surface area contributed by atoms with Gasteiger partial charge in [0.15, 0.2) is 5.82 Å². The van der Waals surface area contributed by atoms with Crippen LogP contribution in [0.5, 0.6) is 11.5 Å². The fourth-order valence-electron chi connectivity index (χ4n) is 8.09. The number of imidazole rings is 1. The lowest BCUT2D eigenvalue weighted by Gasteiger charge is -2.26. The molecule has 0 spiro atoms. The van der Waals surface area contributed by atoms with Gasteiger partial charge in [0.1, 0.15) is 17.3 Å². The van der Waals surface area contributed by atoms with E-state index < -0.39 is 11.8 Å². The van der Waals surface area contributed by atoms with Crippen molar-refractivity contribution in [3.05, 3.63) is 144 Å². The van der Waals surface area contributed by atoms with Gasteiger partial charge in [-0.15, -0.1) is 0 Å². The smallest absolute Gasteiger partial charge is 0.271 e. The molecule has 6 nitrogen and oxygen atoms in total. The van der Waals surface area contributed by atoms with Crippen molar-refractivity contribution in [1.82, 2.24) is 19.1 Å². The van der Waals surface area contributed by atoms with E-state index >= 15 is 0 Å². The van der Waals surface area contributed by atoms with Crippen LogP contribution in [0.25, 0.3) is 50.2 Å². The molecular formula is C56H65N5O. The Morgan fingerprint density at radius 3 is 1.77 bits per heavy atom. The Morgan fingerprint density at radius 1 is 0.532 bits per heavy atom. The SMILES string of the molecule is [2H]C([2H])(c1ccnc(-n2c3ccc(C(C)(C)C)cc3c3ccc(Oc4ccnc(-n5[c-][n+](-c6cc(C(C)(C)C)cc(C(C)(C)C)c6)c6ccc(C(C)(C)C)cc65)c4)cc32)c1)C(C)(C)C. The molecule has 320 valence electrons. The first-order valence-electron chi connectivity index (χ1n) is 23.0. The van der Waals surface area contributed by atoms with Gasteiger partial charge in [-0.25, -0.2) is 4.98 Å². The van der Waals surface area contributed by atoms with Crippen molar-refractivity contribution in [3.8, 4) is 28.8 Å². The molecule has 4 aromatic carbocycles. The number of pyridine rings is 2. The molecule has 0 fully saturated rings. The van der Waals surface area contributed by atoms with E-state index in [4.69, 9.17) is 17.4 Å². The van der Waals surface area contributed by atoms with E-state index in [1.807, 2.05) is 45.0 Å². The van der Waals surface area contributed by atoms with Crippen molar-refractivity contribution in [3.63, 3.8) is 0 Å². The van der Waals surface area contributed by atoms with Crippen molar-refractivity contribution in [2.45, 2.75) is 132 Å². The standard InChI is InChI=1S/C56H65N5O/c1-52(2,3)34-36-22-24-58-51(26-36)61-46-20-16-37(53(4,5)6)30-45(46)44-19-18-42(32-48(44)61)62-43-23-25-57-50(33-43)60-35-59(47-21-17-38(31-49(47)60)54(7,8)9)41-28-39(55(10,11)12)27-40(29-41)56(13,14)15/h16-33H,34H2,1-15H3/i34D2. The predicted octanol–water partition coefficient (Wildman–Crippen LogP) is 14.2. The van der Waals surface area contributed by atoms with Gasteiger partial charge in [-0.3, -0.25) is 18.7 Å². The minimum atomic E-state index is -1.59.